The van der Waals surface area contributed by atoms with Crippen molar-refractivity contribution in [1.82, 2.24) is 5.32 Å². The lowest BCUT2D eigenvalue weighted by Gasteiger charge is -2.12. The Morgan fingerprint density at radius 1 is 1.33 bits per heavy atom. The fourth-order valence-electron chi connectivity index (χ4n) is 0.983. The van der Waals surface area contributed by atoms with E-state index in [1.54, 1.807) is 0 Å². The Morgan fingerprint density at radius 2 is 1.94 bits per heavy atom. The molecule has 0 aliphatic rings. The Hall–Kier alpha value is -2.38. The van der Waals surface area contributed by atoms with Gasteiger partial charge in [-0.3, -0.25) is 14.4 Å². The number of carboxylic acid groups (broad SMARTS) is 1. The summed E-state index contributed by atoms with van der Waals surface area (Å²) in [7, 11) is 0. The highest BCUT2D eigenvalue weighted by atomic mass is 16.4. The van der Waals surface area contributed by atoms with Crippen molar-refractivity contribution in [2.24, 2.45) is 0 Å². The molecule has 9 heteroatoms. The summed E-state index contributed by atoms with van der Waals surface area (Å²) in [5.41, 5.74) is 8.05. The van der Waals surface area contributed by atoms with E-state index in [2.05, 4.69) is 4.79 Å². The number of amides is 1. The fraction of sp³-hybridized carbons (Fsp3) is 0.444. The van der Waals surface area contributed by atoms with Crippen LogP contribution >= 0.6 is 0 Å². The zero-order valence-corrected chi connectivity index (χ0v) is 9.20. The molecule has 0 fully saturated rings. The second-order valence-electron chi connectivity index (χ2n) is 3.20. The zero-order valence-electron chi connectivity index (χ0n) is 9.20. The van der Waals surface area contributed by atoms with Crippen LogP contribution in [0.4, 0.5) is 0 Å². The van der Waals surface area contributed by atoms with E-state index in [0.29, 0.717) is 6.21 Å². The van der Waals surface area contributed by atoms with E-state index in [1.807, 2.05) is 5.32 Å². The monoisotopic (exact) mass is 257 g/mol. The first-order valence-electron chi connectivity index (χ1n) is 4.80. The number of aliphatic hydroxyl groups excluding tert-OH is 1. The summed E-state index contributed by atoms with van der Waals surface area (Å²) in [6.07, 6.45) is 0.0405. The molecule has 0 aliphatic carbocycles. The van der Waals surface area contributed by atoms with Crippen molar-refractivity contribution < 1.29 is 34.2 Å². The highest BCUT2D eigenvalue weighted by molar-refractivity contribution is 6.37. The molecule has 0 saturated heterocycles. The Morgan fingerprint density at radius 3 is 2.39 bits per heavy atom. The molecule has 98 valence electrons. The van der Waals surface area contributed by atoms with Gasteiger partial charge in [-0.15, -0.1) is 0 Å². The van der Waals surface area contributed by atoms with Gasteiger partial charge in [-0.25, -0.2) is 4.79 Å². The molecular weight excluding hydrogens is 246 g/mol. The third-order valence-electron chi connectivity index (χ3n) is 1.88. The first-order chi connectivity index (χ1) is 8.42. The Balaban J connectivity index is 4.45. The molecule has 0 heterocycles. The molecule has 0 rings (SSSR count). The number of carbonyl (C=O) groups is 4. The molecule has 1 unspecified atom stereocenters. The minimum absolute atomic E-state index is 0.273. The summed E-state index contributed by atoms with van der Waals surface area (Å²) in [5.74, 6) is -4.48. The van der Waals surface area contributed by atoms with Crippen LogP contribution in [0.5, 0.6) is 0 Å². The van der Waals surface area contributed by atoms with Crippen molar-refractivity contribution in [1.29, 1.82) is 0 Å². The summed E-state index contributed by atoms with van der Waals surface area (Å²) in [6, 6.07) is -1.44. The first kappa shape index (κ1) is 15.6. The van der Waals surface area contributed by atoms with Gasteiger partial charge in [0.1, 0.15) is 12.6 Å². The smallest absolute Gasteiger partial charge is 0.326 e. The lowest BCUT2D eigenvalue weighted by Crippen LogP contribution is -2.45. The topological polar surface area (TPSA) is 157 Å². The Labute approximate surface area is 101 Å². The van der Waals surface area contributed by atoms with Gasteiger partial charge in [-0.2, -0.15) is 4.79 Å². The van der Waals surface area contributed by atoms with Gasteiger partial charge >= 0.3 is 12.2 Å². The molecule has 0 aromatic heterocycles. The van der Waals surface area contributed by atoms with Gasteiger partial charge in [0, 0.05) is 6.42 Å². The molecule has 0 aromatic rings. The van der Waals surface area contributed by atoms with E-state index in [4.69, 9.17) is 15.7 Å². The van der Waals surface area contributed by atoms with Crippen LogP contribution in [-0.2, 0) is 19.2 Å². The van der Waals surface area contributed by atoms with Crippen LogP contribution in [0.25, 0.3) is 5.53 Å². The van der Waals surface area contributed by atoms with Gasteiger partial charge in [0.15, 0.2) is 0 Å². The van der Waals surface area contributed by atoms with Crippen LogP contribution in [-0.4, -0.2) is 57.3 Å². The van der Waals surface area contributed by atoms with Crippen LogP contribution in [0.15, 0.2) is 0 Å². The van der Waals surface area contributed by atoms with Crippen LogP contribution in [0.2, 0.25) is 0 Å². The predicted molar refractivity (Wildman–Crippen MR) is 55.6 cm³/mol. The van der Waals surface area contributed by atoms with Crippen molar-refractivity contribution in [3.05, 3.63) is 5.53 Å². The number of nitrogens with one attached hydrogen (secondary N) is 1. The second-order valence-corrected chi connectivity index (χ2v) is 3.20. The van der Waals surface area contributed by atoms with E-state index in [0.717, 1.165) is 0 Å². The number of nitrogens with zero attached hydrogens (tertiary/aromatic N) is 2. The summed E-state index contributed by atoms with van der Waals surface area (Å²) in [5, 5.41) is 19.0. The van der Waals surface area contributed by atoms with Crippen LogP contribution in [0, 0.1) is 0 Å². The first-order valence-corrected chi connectivity index (χ1v) is 4.80. The quantitative estimate of drug-likeness (QED) is 0.193. The van der Waals surface area contributed by atoms with E-state index >= 15 is 0 Å². The fourth-order valence-corrected chi connectivity index (χ4v) is 0.983. The van der Waals surface area contributed by atoms with Crippen molar-refractivity contribution in [3.63, 3.8) is 0 Å². The third kappa shape index (κ3) is 5.64. The normalized spacial score (nSPS) is 10.9. The number of hydrogen-bond donors (Lipinski definition) is 3. The molecular formula is C9H11N3O6. The highest BCUT2D eigenvalue weighted by Gasteiger charge is 2.24. The summed E-state index contributed by atoms with van der Waals surface area (Å²) in [4.78, 5) is 45.9. The van der Waals surface area contributed by atoms with E-state index < -0.39 is 36.1 Å². The molecule has 0 aliphatic heterocycles. The van der Waals surface area contributed by atoms with Gasteiger partial charge in [-0.05, 0) is 6.42 Å². The highest BCUT2D eigenvalue weighted by Crippen LogP contribution is 1.98. The van der Waals surface area contributed by atoms with Crippen LogP contribution < -0.4 is 5.32 Å². The molecule has 18 heavy (non-hydrogen) atoms. The summed E-state index contributed by atoms with van der Waals surface area (Å²) >= 11 is 0. The minimum Gasteiger partial charge on any atom is -0.480 e. The number of carbonyl (C=O) groups excluding carboxylic acids is 3. The third-order valence-corrected chi connectivity index (χ3v) is 1.88. The van der Waals surface area contributed by atoms with E-state index in [-0.39, 0.29) is 12.8 Å². The van der Waals surface area contributed by atoms with Gasteiger partial charge < -0.3 is 21.1 Å². The number of carboxylic acids is 1. The molecule has 0 spiro atoms. The Bertz CT molecular complexity index is 413. The Kier molecular flexibility index (Phi) is 6.79. The van der Waals surface area contributed by atoms with Gasteiger partial charge in [0.2, 0.25) is 11.6 Å². The standard InChI is InChI=1S/C9H11N3O6/c10-11-3-5(14)1-2-6(9(17)18)12-8(16)7(15)4-13/h3,6,13H,1-2,4H2,(H,12,16)(H,17,18). The van der Waals surface area contributed by atoms with Crippen molar-refractivity contribution in [2.75, 3.05) is 6.61 Å². The van der Waals surface area contributed by atoms with E-state index in [9.17, 15) is 19.2 Å². The maximum atomic E-state index is 11.0. The average molecular weight is 257 g/mol. The number of aliphatic carboxylic acids is 1. The molecule has 0 aromatic carbocycles. The van der Waals surface area contributed by atoms with Gasteiger partial charge in [-0.1, -0.05) is 0 Å². The molecule has 1 atom stereocenters. The van der Waals surface area contributed by atoms with Crippen molar-refractivity contribution >= 4 is 29.7 Å². The minimum atomic E-state index is -1.44. The molecule has 0 bridgehead atoms. The molecule has 0 saturated carbocycles. The lowest BCUT2D eigenvalue weighted by molar-refractivity contribution is -0.145. The number of aliphatic hydroxyl groups is 1. The average Bonchev–Trinajstić information content (AvgIpc) is 2.32. The number of rotatable bonds is 8. The van der Waals surface area contributed by atoms with E-state index in [1.165, 1.54) is 0 Å². The van der Waals surface area contributed by atoms with Gasteiger partial charge in [0.05, 0.1) is 0 Å². The zero-order chi connectivity index (χ0) is 14.1. The molecule has 3 N–H and O–H groups in total. The molecule has 9 nitrogen and oxygen atoms in total. The van der Waals surface area contributed by atoms with Crippen molar-refractivity contribution in [3.8, 4) is 0 Å². The van der Waals surface area contributed by atoms with Crippen molar-refractivity contribution in [2.45, 2.75) is 18.9 Å². The second kappa shape index (κ2) is 7.82. The van der Waals surface area contributed by atoms with Gasteiger partial charge in [0.25, 0.3) is 5.91 Å². The number of Topliss-reactive ketones (excluding diaryl/α,β-unsaturated/α-hetero) is 2. The number of hydrogen-bond acceptors (Lipinski definition) is 5. The SMILES string of the molecule is [N-]=[N+]=CC(=O)CCC(NC(=O)C(=O)CO)C(=O)O. The maximum Gasteiger partial charge on any atom is 0.326 e. The summed E-state index contributed by atoms with van der Waals surface area (Å²) in [6.45, 7) is -1.03. The lowest BCUT2D eigenvalue weighted by atomic mass is 10.1. The summed E-state index contributed by atoms with van der Waals surface area (Å²) < 4.78 is 0. The maximum absolute atomic E-state index is 11.0. The number of ketones is 2. The predicted octanol–water partition coefficient (Wildman–Crippen LogP) is -2.23. The van der Waals surface area contributed by atoms with Crippen LogP contribution in [0.3, 0.4) is 0 Å². The molecule has 1 amide bonds. The molecule has 0 radical (unpaired) electrons. The largest absolute Gasteiger partial charge is 0.480 e. The van der Waals surface area contributed by atoms with Crippen LogP contribution in [0.1, 0.15) is 12.8 Å².